The number of benzene rings is 1. The molecule has 0 spiro atoms. The summed E-state index contributed by atoms with van der Waals surface area (Å²) in [5, 5.41) is 0. The number of nitrogens with two attached hydrogens (primary N) is 1. The lowest BCUT2D eigenvalue weighted by atomic mass is 9.99. The fourth-order valence-corrected chi connectivity index (χ4v) is 1.98. The van der Waals surface area contributed by atoms with Crippen LogP contribution >= 0.6 is 0 Å². The molecule has 94 valence electrons. The molecule has 2 heteroatoms. The average Bonchev–Trinajstić information content (AvgIpc) is 3.20. The van der Waals surface area contributed by atoms with E-state index in [4.69, 9.17) is 10.5 Å². The van der Waals surface area contributed by atoms with Gasteiger partial charge in [0.15, 0.2) is 0 Å². The Morgan fingerprint density at radius 2 is 1.94 bits per heavy atom. The molecule has 0 heterocycles. The van der Waals surface area contributed by atoms with Crippen molar-refractivity contribution in [2.75, 3.05) is 6.61 Å². The zero-order chi connectivity index (χ0) is 12.3. The van der Waals surface area contributed by atoms with Crippen molar-refractivity contribution in [3.05, 3.63) is 29.8 Å². The van der Waals surface area contributed by atoms with Crippen molar-refractivity contribution in [1.29, 1.82) is 0 Å². The lowest BCUT2D eigenvalue weighted by molar-refractivity contribution is 0.276. The van der Waals surface area contributed by atoms with Gasteiger partial charge in [0.05, 0.1) is 0 Å². The predicted molar refractivity (Wildman–Crippen MR) is 71.3 cm³/mol. The van der Waals surface area contributed by atoms with Crippen molar-refractivity contribution in [2.45, 2.75) is 45.1 Å². The molecule has 1 aromatic rings. The molecule has 2 atom stereocenters. The van der Waals surface area contributed by atoms with Crippen LogP contribution in [0.5, 0.6) is 5.75 Å². The van der Waals surface area contributed by atoms with Crippen molar-refractivity contribution in [1.82, 2.24) is 0 Å². The molecule has 0 aliphatic heterocycles. The quantitative estimate of drug-likeness (QED) is 0.818. The van der Waals surface area contributed by atoms with Crippen LogP contribution in [0.4, 0.5) is 0 Å². The van der Waals surface area contributed by atoms with E-state index in [0.717, 1.165) is 5.75 Å². The average molecular weight is 233 g/mol. The summed E-state index contributed by atoms with van der Waals surface area (Å²) in [6.45, 7) is 5.11. The minimum Gasteiger partial charge on any atom is -0.492 e. The van der Waals surface area contributed by atoms with Gasteiger partial charge in [0.2, 0.25) is 0 Å². The second kappa shape index (κ2) is 5.54. The summed E-state index contributed by atoms with van der Waals surface area (Å²) >= 11 is 0. The first kappa shape index (κ1) is 12.4. The number of hydrogen-bond donors (Lipinski definition) is 1. The van der Waals surface area contributed by atoms with Crippen molar-refractivity contribution < 1.29 is 4.74 Å². The second-order valence-corrected chi connectivity index (χ2v) is 5.19. The fraction of sp³-hybridized carbons (Fsp3) is 0.600. The summed E-state index contributed by atoms with van der Waals surface area (Å²) in [5.41, 5.74) is 7.38. The second-order valence-electron chi connectivity index (χ2n) is 5.19. The normalized spacial score (nSPS) is 18.8. The molecule has 1 saturated carbocycles. The van der Waals surface area contributed by atoms with E-state index in [9.17, 15) is 0 Å². The molecule has 2 rings (SSSR count). The molecule has 2 nitrogen and oxygen atoms in total. The largest absolute Gasteiger partial charge is 0.492 e. The zero-order valence-electron chi connectivity index (χ0n) is 10.9. The van der Waals surface area contributed by atoms with Crippen LogP contribution in [0.2, 0.25) is 0 Å². The van der Waals surface area contributed by atoms with E-state index < -0.39 is 0 Å². The highest BCUT2D eigenvalue weighted by Gasteiger charge is 2.28. The third kappa shape index (κ3) is 3.47. The van der Waals surface area contributed by atoms with Crippen LogP contribution in [0.3, 0.4) is 0 Å². The summed E-state index contributed by atoms with van der Waals surface area (Å²) in [6, 6.07) is 8.64. The van der Waals surface area contributed by atoms with Gasteiger partial charge in [-0.05, 0) is 48.8 Å². The van der Waals surface area contributed by atoms with E-state index >= 15 is 0 Å². The maximum Gasteiger partial charge on any atom is 0.119 e. The van der Waals surface area contributed by atoms with E-state index in [-0.39, 0.29) is 6.04 Å². The maximum atomic E-state index is 6.00. The summed E-state index contributed by atoms with van der Waals surface area (Å²) in [6.07, 6.45) is 3.72. The molecule has 1 fully saturated rings. The molecule has 17 heavy (non-hydrogen) atoms. The first-order valence-electron chi connectivity index (χ1n) is 6.69. The van der Waals surface area contributed by atoms with E-state index in [0.29, 0.717) is 18.4 Å². The lowest BCUT2D eigenvalue weighted by Crippen LogP contribution is -2.29. The highest BCUT2D eigenvalue weighted by molar-refractivity contribution is 5.29. The number of rotatable bonds is 6. The minimum atomic E-state index is 0.212. The van der Waals surface area contributed by atoms with Crippen LogP contribution in [0.25, 0.3) is 0 Å². The molecule has 1 aromatic carbocycles. The molecule has 1 aliphatic carbocycles. The first-order valence-corrected chi connectivity index (χ1v) is 6.69. The van der Waals surface area contributed by atoms with Gasteiger partial charge < -0.3 is 10.5 Å². The highest BCUT2D eigenvalue weighted by atomic mass is 16.5. The lowest BCUT2D eigenvalue weighted by Gasteiger charge is -2.13. The summed E-state index contributed by atoms with van der Waals surface area (Å²) in [7, 11) is 0. The van der Waals surface area contributed by atoms with Crippen LogP contribution in [-0.2, 0) is 0 Å². The van der Waals surface area contributed by atoms with Crippen molar-refractivity contribution in [3.63, 3.8) is 0 Å². The van der Waals surface area contributed by atoms with Gasteiger partial charge in [-0.1, -0.05) is 26.0 Å². The van der Waals surface area contributed by atoms with Gasteiger partial charge in [-0.15, -0.1) is 0 Å². The van der Waals surface area contributed by atoms with Gasteiger partial charge in [0, 0.05) is 6.04 Å². The maximum absolute atomic E-state index is 6.00. The van der Waals surface area contributed by atoms with Crippen LogP contribution in [-0.4, -0.2) is 12.6 Å². The van der Waals surface area contributed by atoms with E-state index in [2.05, 4.69) is 38.1 Å². The summed E-state index contributed by atoms with van der Waals surface area (Å²) in [4.78, 5) is 0. The summed E-state index contributed by atoms with van der Waals surface area (Å²) in [5.74, 6) is 2.26. The Labute approximate surface area is 104 Å². The minimum absolute atomic E-state index is 0.212. The highest BCUT2D eigenvalue weighted by Crippen LogP contribution is 2.31. The van der Waals surface area contributed by atoms with E-state index in [1.807, 2.05) is 0 Å². The van der Waals surface area contributed by atoms with Gasteiger partial charge in [-0.3, -0.25) is 0 Å². The van der Waals surface area contributed by atoms with E-state index in [1.54, 1.807) is 0 Å². The third-order valence-corrected chi connectivity index (χ3v) is 3.73. The topological polar surface area (TPSA) is 35.2 Å². The van der Waals surface area contributed by atoms with Gasteiger partial charge in [0.25, 0.3) is 0 Å². The third-order valence-electron chi connectivity index (χ3n) is 3.73. The molecule has 1 aliphatic rings. The Balaban J connectivity index is 1.84. The Morgan fingerprint density at radius 3 is 2.47 bits per heavy atom. The van der Waals surface area contributed by atoms with Gasteiger partial charge in [0.1, 0.15) is 12.4 Å². The van der Waals surface area contributed by atoms with Crippen molar-refractivity contribution >= 4 is 0 Å². The molecule has 0 bridgehead atoms. The molecule has 0 radical (unpaired) electrons. The molecular formula is C15H23NO. The molecular weight excluding hydrogens is 210 g/mol. The predicted octanol–water partition coefficient (Wildman–Crippen LogP) is 3.32. The molecule has 0 amide bonds. The first-order chi connectivity index (χ1) is 8.20. The van der Waals surface area contributed by atoms with Crippen molar-refractivity contribution in [2.24, 2.45) is 11.7 Å². The van der Waals surface area contributed by atoms with E-state index in [1.165, 1.54) is 24.8 Å². The zero-order valence-corrected chi connectivity index (χ0v) is 10.9. The Kier molecular flexibility index (Phi) is 4.06. The molecule has 2 N–H and O–H groups in total. The standard InChI is InChI=1S/C15H23NO/c1-3-11(2)12-6-8-14(9-7-12)17-10-15(16)13-4-5-13/h6-9,11,13,15H,3-5,10,16H2,1-2H3. The molecule has 0 aromatic heterocycles. The van der Waals surface area contributed by atoms with Crippen LogP contribution in [0.1, 0.15) is 44.6 Å². The van der Waals surface area contributed by atoms with Crippen molar-refractivity contribution in [3.8, 4) is 5.75 Å². The summed E-state index contributed by atoms with van der Waals surface area (Å²) < 4.78 is 5.71. The Bertz CT molecular complexity index is 342. The Hall–Kier alpha value is -1.02. The number of ether oxygens (including phenoxy) is 1. The SMILES string of the molecule is CCC(C)c1ccc(OCC(N)C2CC2)cc1. The van der Waals surface area contributed by atoms with Gasteiger partial charge >= 0.3 is 0 Å². The van der Waals surface area contributed by atoms with Gasteiger partial charge in [-0.2, -0.15) is 0 Å². The smallest absolute Gasteiger partial charge is 0.119 e. The van der Waals surface area contributed by atoms with Crippen LogP contribution < -0.4 is 10.5 Å². The molecule has 2 unspecified atom stereocenters. The molecule has 0 saturated heterocycles. The van der Waals surface area contributed by atoms with Crippen LogP contribution in [0, 0.1) is 5.92 Å². The van der Waals surface area contributed by atoms with Gasteiger partial charge in [-0.25, -0.2) is 0 Å². The number of hydrogen-bond acceptors (Lipinski definition) is 2. The monoisotopic (exact) mass is 233 g/mol. The Morgan fingerprint density at radius 1 is 1.29 bits per heavy atom. The fourth-order valence-electron chi connectivity index (χ4n) is 1.98. The van der Waals surface area contributed by atoms with Crippen LogP contribution in [0.15, 0.2) is 24.3 Å².